The van der Waals surface area contributed by atoms with Crippen molar-refractivity contribution in [2.75, 3.05) is 26.4 Å². The van der Waals surface area contributed by atoms with E-state index in [9.17, 15) is 9.59 Å². The molecule has 0 aliphatic heterocycles. The number of nitrogens with one attached hydrogen (secondary N) is 1. The van der Waals surface area contributed by atoms with Crippen molar-refractivity contribution in [2.24, 2.45) is 0 Å². The molecule has 0 aliphatic rings. The zero-order valence-corrected chi connectivity index (χ0v) is 19.7. The summed E-state index contributed by atoms with van der Waals surface area (Å²) in [5.41, 5.74) is 2.87. The van der Waals surface area contributed by atoms with E-state index >= 15 is 0 Å². The van der Waals surface area contributed by atoms with Crippen LogP contribution in [0.1, 0.15) is 23.9 Å². The van der Waals surface area contributed by atoms with Crippen molar-refractivity contribution in [3.8, 4) is 16.6 Å². The minimum Gasteiger partial charge on any atom is -0.494 e. The van der Waals surface area contributed by atoms with E-state index < -0.39 is 11.9 Å². The maximum atomic E-state index is 12.0. The fourth-order valence-electron chi connectivity index (χ4n) is 3.13. The van der Waals surface area contributed by atoms with Crippen molar-refractivity contribution in [2.45, 2.75) is 20.8 Å². The Morgan fingerprint density at radius 3 is 2.55 bits per heavy atom. The van der Waals surface area contributed by atoms with E-state index in [1.54, 1.807) is 35.7 Å². The van der Waals surface area contributed by atoms with Crippen LogP contribution in [0.15, 0.2) is 48.0 Å². The third-order valence-corrected chi connectivity index (χ3v) is 5.41. The molecule has 3 aromatic rings. The lowest BCUT2D eigenvalue weighted by molar-refractivity contribution is -0.143. The molecule has 8 nitrogen and oxygen atoms in total. The van der Waals surface area contributed by atoms with Gasteiger partial charge in [0.25, 0.3) is 5.91 Å². The molecule has 0 unspecified atom stereocenters. The Morgan fingerprint density at radius 1 is 1.15 bits per heavy atom. The molecule has 1 aromatic carbocycles. The van der Waals surface area contributed by atoms with Gasteiger partial charge in [0, 0.05) is 29.0 Å². The minimum atomic E-state index is -0.588. The van der Waals surface area contributed by atoms with Gasteiger partial charge in [-0.2, -0.15) is 0 Å². The lowest BCUT2D eigenvalue weighted by atomic mass is 10.2. The highest BCUT2D eigenvalue weighted by atomic mass is 32.1. The fraction of sp³-hybridized carbons (Fsp3) is 0.292. The molecule has 2 aromatic heterocycles. The first-order valence-corrected chi connectivity index (χ1v) is 11.4. The summed E-state index contributed by atoms with van der Waals surface area (Å²) in [5, 5.41) is 5.44. The predicted octanol–water partition coefficient (Wildman–Crippen LogP) is 3.70. The third kappa shape index (κ3) is 6.95. The number of hydrogen-bond acceptors (Lipinski definition) is 7. The number of aromatic nitrogens is 2. The van der Waals surface area contributed by atoms with E-state index in [2.05, 4.69) is 10.3 Å². The molecule has 33 heavy (non-hydrogen) atoms. The monoisotopic (exact) mass is 469 g/mol. The van der Waals surface area contributed by atoms with Crippen LogP contribution in [-0.4, -0.2) is 47.8 Å². The van der Waals surface area contributed by atoms with E-state index in [0.717, 1.165) is 27.8 Å². The summed E-state index contributed by atoms with van der Waals surface area (Å²) in [5.74, 6) is 0.471. The number of carbonyl (C=O) groups is 2. The van der Waals surface area contributed by atoms with Crippen LogP contribution >= 0.6 is 11.3 Å². The highest BCUT2D eigenvalue weighted by molar-refractivity contribution is 7.12. The first-order chi connectivity index (χ1) is 16.0. The number of nitrogens with zero attached hydrogens (tertiary/aromatic N) is 2. The van der Waals surface area contributed by atoms with Gasteiger partial charge in [0.1, 0.15) is 18.1 Å². The van der Waals surface area contributed by atoms with Crippen LogP contribution in [0.3, 0.4) is 0 Å². The maximum Gasteiger partial charge on any atom is 0.331 e. The first kappa shape index (κ1) is 24.1. The number of amides is 1. The lowest BCUT2D eigenvalue weighted by Gasteiger charge is -2.09. The molecule has 1 amide bonds. The Balaban J connectivity index is 1.38. The third-order valence-electron chi connectivity index (χ3n) is 4.65. The van der Waals surface area contributed by atoms with Gasteiger partial charge in [-0.15, -0.1) is 11.3 Å². The van der Waals surface area contributed by atoms with Crippen molar-refractivity contribution in [3.05, 3.63) is 64.9 Å². The van der Waals surface area contributed by atoms with Crippen molar-refractivity contribution < 1.29 is 23.8 Å². The molecule has 1 N–H and O–H groups in total. The molecule has 0 atom stereocenters. The number of rotatable bonds is 11. The highest BCUT2D eigenvalue weighted by Gasteiger charge is 2.11. The zero-order chi connectivity index (χ0) is 23.6. The second-order valence-corrected chi connectivity index (χ2v) is 7.89. The fourth-order valence-corrected chi connectivity index (χ4v) is 3.88. The quantitative estimate of drug-likeness (QED) is 0.262. The van der Waals surface area contributed by atoms with Gasteiger partial charge in [-0.3, -0.25) is 9.36 Å². The van der Waals surface area contributed by atoms with Crippen molar-refractivity contribution in [1.82, 2.24) is 14.9 Å². The highest BCUT2D eigenvalue weighted by Crippen LogP contribution is 2.23. The average Bonchev–Trinajstić information content (AvgIpc) is 3.42. The van der Waals surface area contributed by atoms with Gasteiger partial charge in [0.05, 0.1) is 13.2 Å². The van der Waals surface area contributed by atoms with Crippen molar-refractivity contribution >= 4 is 29.3 Å². The average molecular weight is 470 g/mol. The normalized spacial score (nSPS) is 10.9. The van der Waals surface area contributed by atoms with E-state index in [4.69, 9.17) is 14.2 Å². The maximum absolute atomic E-state index is 12.0. The number of benzene rings is 1. The molecular formula is C24H27N3O5S. The van der Waals surface area contributed by atoms with Crippen LogP contribution in [0, 0.1) is 13.8 Å². The predicted molar refractivity (Wildman–Crippen MR) is 127 cm³/mol. The molecule has 0 radical (unpaired) electrons. The topological polar surface area (TPSA) is 91.7 Å². The van der Waals surface area contributed by atoms with Crippen LogP contribution in [0.5, 0.6) is 11.5 Å². The van der Waals surface area contributed by atoms with Gasteiger partial charge in [0.2, 0.25) is 0 Å². The second-order valence-electron chi connectivity index (χ2n) is 7.02. The van der Waals surface area contributed by atoms with Gasteiger partial charge in [0.15, 0.2) is 11.7 Å². The molecule has 0 saturated carbocycles. The molecule has 174 valence electrons. The minimum absolute atomic E-state index is 0.294. The Labute approximate surface area is 196 Å². The summed E-state index contributed by atoms with van der Waals surface area (Å²) in [6.45, 7) is 6.70. The molecule has 0 saturated heterocycles. The standard InChI is InChI=1S/C24H27N3O5S/c1-4-30-20-6-8-21(9-7-20)31-13-11-25-22(28)16-32-23(29)10-5-19-15-17(2)27(18(19)3)24-26-12-14-33-24/h5-10,12,14-15H,4,11,13,16H2,1-3H3,(H,25,28)/b10-5+. The Bertz CT molecular complexity index is 1090. The molecule has 0 bridgehead atoms. The van der Waals surface area contributed by atoms with Crippen LogP contribution in [0.4, 0.5) is 0 Å². The van der Waals surface area contributed by atoms with E-state index in [0.29, 0.717) is 25.5 Å². The van der Waals surface area contributed by atoms with Crippen molar-refractivity contribution in [1.29, 1.82) is 0 Å². The Hall–Kier alpha value is -3.59. The van der Waals surface area contributed by atoms with E-state index in [-0.39, 0.29) is 6.61 Å². The summed E-state index contributed by atoms with van der Waals surface area (Å²) < 4.78 is 18.0. The van der Waals surface area contributed by atoms with Crippen LogP contribution < -0.4 is 14.8 Å². The van der Waals surface area contributed by atoms with Crippen LogP contribution in [0.2, 0.25) is 0 Å². The summed E-state index contributed by atoms with van der Waals surface area (Å²) in [6, 6.07) is 9.21. The van der Waals surface area contributed by atoms with Crippen LogP contribution in [0.25, 0.3) is 11.2 Å². The number of aryl methyl sites for hydroxylation is 1. The Kier molecular flexibility index (Phi) is 8.65. The molecule has 3 rings (SSSR count). The molecular weight excluding hydrogens is 442 g/mol. The number of hydrogen-bond donors (Lipinski definition) is 1. The molecule has 0 spiro atoms. The van der Waals surface area contributed by atoms with Gasteiger partial charge < -0.3 is 19.5 Å². The Morgan fingerprint density at radius 2 is 1.88 bits per heavy atom. The smallest absolute Gasteiger partial charge is 0.331 e. The van der Waals surface area contributed by atoms with E-state index in [1.165, 1.54) is 6.08 Å². The largest absolute Gasteiger partial charge is 0.494 e. The number of thiazole rings is 1. The number of ether oxygens (including phenoxy) is 3. The number of esters is 1. The van der Waals surface area contributed by atoms with Gasteiger partial charge in [-0.1, -0.05) is 0 Å². The summed E-state index contributed by atoms with van der Waals surface area (Å²) in [4.78, 5) is 28.2. The van der Waals surface area contributed by atoms with Crippen molar-refractivity contribution in [3.63, 3.8) is 0 Å². The van der Waals surface area contributed by atoms with E-state index in [1.807, 2.05) is 48.9 Å². The number of carbonyl (C=O) groups excluding carboxylic acids is 2. The molecule has 2 heterocycles. The lowest BCUT2D eigenvalue weighted by Crippen LogP contribution is -2.31. The molecule has 9 heteroatoms. The van der Waals surface area contributed by atoms with Crippen LogP contribution in [-0.2, 0) is 14.3 Å². The SMILES string of the molecule is CCOc1ccc(OCCNC(=O)COC(=O)/C=C/c2cc(C)n(-c3nccs3)c2C)cc1. The second kappa shape index (κ2) is 11.9. The summed E-state index contributed by atoms with van der Waals surface area (Å²) >= 11 is 1.54. The first-order valence-electron chi connectivity index (χ1n) is 10.5. The summed E-state index contributed by atoms with van der Waals surface area (Å²) in [7, 11) is 0. The molecule has 0 aliphatic carbocycles. The zero-order valence-electron chi connectivity index (χ0n) is 18.9. The molecule has 0 fully saturated rings. The van der Waals surface area contributed by atoms with Gasteiger partial charge in [-0.25, -0.2) is 9.78 Å². The summed E-state index contributed by atoms with van der Waals surface area (Å²) in [6.07, 6.45) is 4.75. The van der Waals surface area contributed by atoms with Gasteiger partial charge >= 0.3 is 5.97 Å². The van der Waals surface area contributed by atoms with Gasteiger partial charge in [-0.05, 0) is 62.7 Å².